The Hall–Kier alpha value is -0.360. The molecule has 0 aromatic heterocycles. The Bertz CT molecular complexity index is 423. The van der Waals surface area contributed by atoms with Gasteiger partial charge in [-0.3, -0.25) is 0 Å². The zero-order valence-corrected chi connectivity index (χ0v) is 12.4. The van der Waals surface area contributed by atoms with E-state index in [1.54, 1.807) is 0 Å². The normalized spacial score (nSPS) is 19.8. The van der Waals surface area contributed by atoms with E-state index in [1.165, 1.54) is 12.1 Å². The van der Waals surface area contributed by atoms with Crippen molar-refractivity contribution in [3.8, 4) is 0 Å². The second-order valence-electron chi connectivity index (χ2n) is 4.61. The standard InChI is InChI=1S/C12H14BrClFNO2/c1-12(2)17-5-8(6-18-12)16-11-9(13)3-7(15)4-10(11)14/h3-4,8,16H,5-6H2,1-2H3. The SMILES string of the molecule is CC1(C)OCC(Nc2c(Cl)cc(F)cc2Br)CO1. The van der Waals surface area contributed by atoms with E-state index in [9.17, 15) is 4.39 Å². The maximum Gasteiger partial charge on any atom is 0.162 e. The molecule has 0 saturated carbocycles. The van der Waals surface area contributed by atoms with Gasteiger partial charge in [-0.05, 0) is 41.9 Å². The van der Waals surface area contributed by atoms with Crippen molar-refractivity contribution in [3.63, 3.8) is 0 Å². The minimum Gasteiger partial charge on any atom is -0.376 e. The fourth-order valence-electron chi connectivity index (χ4n) is 1.66. The van der Waals surface area contributed by atoms with Crippen LogP contribution in [0.15, 0.2) is 16.6 Å². The molecule has 1 fully saturated rings. The summed E-state index contributed by atoms with van der Waals surface area (Å²) in [7, 11) is 0. The lowest BCUT2D eigenvalue weighted by Crippen LogP contribution is -2.45. The Morgan fingerprint density at radius 3 is 2.56 bits per heavy atom. The summed E-state index contributed by atoms with van der Waals surface area (Å²) < 4.78 is 24.8. The maximum atomic E-state index is 13.1. The van der Waals surface area contributed by atoms with Crippen LogP contribution in [-0.4, -0.2) is 25.0 Å². The van der Waals surface area contributed by atoms with E-state index in [0.29, 0.717) is 28.4 Å². The summed E-state index contributed by atoms with van der Waals surface area (Å²) in [5.41, 5.74) is 0.648. The summed E-state index contributed by atoms with van der Waals surface area (Å²) >= 11 is 9.27. The first-order valence-electron chi connectivity index (χ1n) is 5.56. The molecule has 0 amide bonds. The molecule has 0 unspecified atom stereocenters. The first-order chi connectivity index (χ1) is 8.37. The lowest BCUT2D eigenvalue weighted by Gasteiger charge is -2.35. The molecular formula is C12H14BrClFNO2. The van der Waals surface area contributed by atoms with Gasteiger partial charge >= 0.3 is 0 Å². The number of rotatable bonds is 2. The molecule has 1 aromatic rings. The van der Waals surface area contributed by atoms with E-state index in [1.807, 2.05) is 13.8 Å². The third-order valence-electron chi connectivity index (χ3n) is 2.62. The molecule has 0 spiro atoms. The van der Waals surface area contributed by atoms with Crippen molar-refractivity contribution >= 4 is 33.2 Å². The van der Waals surface area contributed by atoms with Crippen LogP contribution in [0.4, 0.5) is 10.1 Å². The Morgan fingerprint density at radius 1 is 1.39 bits per heavy atom. The minimum atomic E-state index is -0.554. The van der Waals surface area contributed by atoms with Gasteiger partial charge in [-0.2, -0.15) is 0 Å². The number of ether oxygens (including phenoxy) is 2. The molecule has 3 nitrogen and oxygen atoms in total. The molecular weight excluding hydrogens is 324 g/mol. The van der Waals surface area contributed by atoms with Crippen LogP contribution in [0.1, 0.15) is 13.8 Å². The average Bonchev–Trinajstić information content (AvgIpc) is 2.25. The molecule has 1 aliphatic heterocycles. The van der Waals surface area contributed by atoms with Crippen LogP contribution >= 0.6 is 27.5 Å². The van der Waals surface area contributed by atoms with E-state index >= 15 is 0 Å². The molecule has 1 saturated heterocycles. The van der Waals surface area contributed by atoms with E-state index in [-0.39, 0.29) is 11.9 Å². The Morgan fingerprint density at radius 2 is 2.00 bits per heavy atom. The van der Waals surface area contributed by atoms with Crippen LogP contribution in [0.3, 0.4) is 0 Å². The van der Waals surface area contributed by atoms with Gasteiger partial charge in [-0.25, -0.2) is 4.39 Å². The molecule has 1 aromatic carbocycles. The molecule has 0 bridgehead atoms. The summed E-state index contributed by atoms with van der Waals surface area (Å²) in [4.78, 5) is 0. The quantitative estimate of drug-likeness (QED) is 0.889. The number of anilines is 1. The van der Waals surface area contributed by atoms with Gasteiger partial charge in [0.15, 0.2) is 5.79 Å². The molecule has 0 radical (unpaired) electrons. The number of hydrogen-bond donors (Lipinski definition) is 1. The first kappa shape index (κ1) is 14.1. The van der Waals surface area contributed by atoms with Crippen molar-refractivity contribution < 1.29 is 13.9 Å². The van der Waals surface area contributed by atoms with Gasteiger partial charge in [0, 0.05) is 4.47 Å². The Kier molecular flexibility index (Phi) is 4.16. The van der Waals surface area contributed by atoms with Crippen molar-refractivity contribution in [1.29, 1.82) is 0 Å². The number of halogens is 3. The number of benzene rings is 1. The minimum absolute atomic E-state index is 0.0164. The van der Waals surface area contributed by atoms with Gasteiger partial charge in [0.2, 0.25) is 0 Å². The summed E-state index contributed by atoms with van der Waals surface area (Å²) in [6.07, 6.45) is 0. The largest absolute Gasteiger partial charge is 0.376 e. The summed E-state index contributed by atoms with van der Waals surface area (Å²) in [6.45, 7) is 4.74. The second kappa shape index (κ2) is 5.33. The van der Waals surface area contributed by atoms with Crippen LogP contribution in [0.25, 0.3) is 0 Å². The zero-order valence-electron chi connectivity index (χ0n) is 10.1. The lowest BCUT2D eigenvalue weighted by molar-refractivity contribution is -0.247. The summed E-state index contributed by atoms with van der Waals surface area (Å²) in [5, 5.41) is 3.51. The van der Waals surface area contributed by atoms with Crippen molar-refractivity contribution in [1.82, 2.24) is 0 Å². The van der Waals surface area contributed by atoms with Crippen LogP contribution in [0, 0.1) is 5.82 Å². The monoisotopic (exact) mass is 337 g/mol. The third kappa shape index (κ3) is 3.35. The molecule has 0 atom stereocenters. The van der Waals surface area contributed by atoms with E-state index in [4.69, 9.17) is 21.1 Å². The molecule has 1 N–H and O–H groups in total. The highest BCUT2D eigenvalue weighted by atomic mass is 79.9. The first-order valence-corrected chi connectivity index (χ1v) is 6.73. The van der Waals surface area contributed by atoms with Gasteiger partial charge in [-0.15, -0.1) is 0 Å². The number of hydrogen-bond acceptors (Lipinski definition) is 3. The predicted molar refractivity (Wildman–Crippen MR) is 72.5 cm³/mol. The zero-order chi connectivity index (χ0) is 13.3. The van der Waals surface area contributed by atoms with Crippen LogP contribution in [0.2, 0.25) is 5.02 Å². The van der Waals surface area contributed by atoms with Crippen molar-refractivity contribution in [2.24, 2.45) is 0 Å². The smallest absolute Gasteiger partial charge is 0.162 e. The van der Waals surface area contributed by atoms with Crippen LogP contribution < -0.4 is 5.32 Å². The van der Waals surface area contributed by atoms with Gasteiger partial charge in [0.25, 0.3) is 0 Å². The highest BCUT2D eigenvalue weighted by Crippen LogP contribution is 2.33. The molecule has 6 heteroatoms. The van der Waals surface area contributed by atoms with E-state index in [0.717, 1.165) is 0 Å². The lowest BCUT2D eigenvalue weighted by atomic mass is 10.2. The third-order valence-corrected chi connectivity index (χ3v) is 3.54. The predicted octanol–water partition coefficient (Wildman–Crippen LogP) is 3.81. The molecule has 1 aliphatic rings. The maximum absolute atomic E-state index is 13.1. The van der Waals surface area contributed by atoms with E-state index < -0.39 is 5.79 Å². The van der Waals surface area contributed by atoms with Crippen LogP contribution in [0.5, 0.6) is 0 Å². The molecule has 2 rings (SSSR count). The molecule has 1 heterocycles. The van der Waals surface area contributed by atoms with E-state index in [2.05, 4.69) is 21.2 Å². The number of nitrogens with one attached hydrogen (secondary N) is 1. The fourth-order valence-corrected chi connectivity index (χ4v) is 2.58. The highest BCUT2D eigenvalue weighted by Gasteiger charge is 2.28. The topological polar surface area (TPSA) is 30.5 Å². The van der Waals surface area contributed by atoms with Crippen molar-refractivity contribution in [2.75, 3.05) is 18.5 Å². The Balaban J connectivity index is 2.07. The van der Waals surface area contributed by atoms with Crippen LogP contribution in [-0.2, 0) is 9.47 Å². The van der Waals surface area contributed by atoms with Gasteiger partial charge < -0.3 is 14.8 Å². The van der Waals surface area contributed by atoms with Gasteiger partial charge in [0.1, 0.15) is 5.82 Å². The van der Waals surface area contributed by atoms with Crippen molar-refractivity contribution in [3.05, 3.63) is 27.4 Å². The second-order valence-corrected chi connectivity index (χ2v) is 5.87. The molecule has 0 aliphatic carbocycles. The van der Waals surface area contributed by atoms with Gasteiger partial charge in [-0.1, -0.05) is 11.6 Å². The average molecular weight is 339 g/mol. The molecule has 100 valence electrons. The van der Waals surface area contributed by atoms with Crippen molar-refractivity contribution in [2.45, 2.75) is 25.7 Å². The molecule has 18 heavy (non-hydrogen) atoms. The summed E-state index contributed by atoms with van der Waals surface area (Å²) in [5.74, 6) is -0.933. The summed E-state index contributed by atoms with van der Waals surface area (Å²) in [6, 6.07) is 2.61. The fraction of sp³-hybridized carbons (Fsp3) is 0.500. The van der Waals surface area contributed by atoms with Gasteiger partial charge in [0.05, 0.1) is 30.0 Å². The highest BCUT2D eigenvalue weighted by molar-refractivity contribution is 9.10. The Labute approximate surface area is 119 Å².